The van der Waals surface area contributed by atoms with Gasteiger partial charge in [-0.3, -0.25) is 9.78 Å². The number of benzene rings is 1. The average Bonchev–Trinajstić information content (AvgIpc) is 3.20. The fourth-order valence-corrected chi connectivity index (χ4v) is 4.10. The summed E-state index contributed by atoms with van der Waals surface area (Å²) in [6.07, 6.45) is 5.19. The van der Waals surface area contributed by atoms with Gasteiger partial charge >= 0.3 is 0 Å². The van der Waals surface area contributed by atoms with E-state index in [1.807, 2.05) is 6.07 Å². The van der Waals surface area contributed by atoms with E-state index in [4.69, 9.17) is 4.74 Å². The molecule has 0 fully saturated rings. The first kappa shape index (κ1) is 24.6. The molecule has 9 heteroatoms. The molecular formula is C26H31N5O4. The maximum Gasteiger partial charge on any atom is 0.251 e. The van der Waals surface area contributed by atoms with Crippen molar-refractivity contribution in [2.75, 3.05) is 25.6 Å². The highest BCUT2D eigenvalue weighted by Gasteiger charge is 2.35. The van der Waals surface area contributed by atoms with Crippen LogP contribution in [0.3, 0.4) is 0 Å². The molecule has 0 saturated heterocycles. The number of amides is 1. The number of nitrogens with zero attached hydrogens (tertiary/aromatic N) is 3. The van der Waals surface area contributed by atoms with Crippen LogP contribution in [-0.2, 0) is 11.8 Å². The maximum absolute atomic E-state index is 12.6. The van der Waals surface area contributed by atoms with Crippen molar-refractivity contribution in [2.24, 2.45) is 0 Å². The fraction of sp³-hybridized carbons (Fsp3) is 0.385. The summed E-state index contributed by atoms with van der Waals surface area (Å²) in [6, 6.07) is 8.87. The smallest absolute Gasteiger partial charge is 0.251 e. The van der Waals surface area contributed by atoms with E-state index in [-0.39, 0.29) is 24.5 Å². The van der Waals surface area contributed by atoms with Crippen LogP contribution in [0.15, 0.2) is 42.7 Å². The van der Waals surface area contributed by atoms with Gasteiger partial charge in [0.15, 0.2) is 0 Å². The van der Waals surface area contributed by atoms with Crippen LogP contribution >= 0.6 is 0 Å². The van der Waals surface area contributed by atoms with Gasteiger partial charge < -0.3 is 25.6 Å². The molecule has 2 aromatic heterocycles. The van der Waals surface area contributed by atoms with Gasteiger partial charge in [0.1, 0.15) is 5.75 Å². The minimum absolute atomic E-state index is 0.0764. The van der Waals surface area contributed by atoms with Crippen LogP contribution in [0, 0.1) is 0 Å². The molecule has 1 aliphatic rings. The van der Waals surface area contributed by atoms with Crippen molar-refractivity contribution in [3.8, 4) is 17.0 Å². The summed E-state index contributed by atoms with van der Waals surface area (Å²) in [4.78, 5) is 26.1. The number of ether oxygens (including phenoxy) is 1. The van der Waals surface area contributed by atoms with Gasteiger partial charge in [-0.25, -0.2) is 9.97 Å². The topological polar surface area (TPSA) is 129 Å². The number of anilines is 2. The number of carbonyl (C=O) groups excluding carboxylic acids is 1. The van der Waals surface area contributed by atoms with Gasteiger partial charge in [-0.2, -0.15) is 0 Å². The molecule has 1 aromatic carbocycles. The number of pyridine rings is 1. The monoisotopic (exact) mass is 477 g/mol. The molecule has 1 aliphatic carbocycles. The van der Waals surface area contributed by atoms with E-state index in [1.54, 1.807) is 44.4 Å². The summed E-state index contributed by atoms with van der Waals surface area (Å²) in [5.74, 6) is 0.502. The number of aliphatic hydroxyl groups excluding tert-OH is 2. The molecule has 35 heavy (non-hydrogen) atoms. The van der Waals surface area contributed by atoms with E-state index in [0.29, 0.717) is 28.6 Å². The lowest BCUT2D eigenvalue weighted by Crippen LogP contribution is -2.46. The molecule has 9 nitrogen and oxygen atoms in total. The summed E-state index contributed by atoms with van der Waals surface area (Å²) in [5.41, 5.74) is 3.60. The minimum atomic E-state index is -0.740. The van der Waals surface area contributed by atoms with Crippen LogP contribution in [0.4, 0.5) is 11.6 Å². The van der Waals surface area contributed by atoms with Crippen molar-refractivity contribution in [1.29, 1.82) is 0 Å². The summed E-state index contributed by atoms with van der Waals surface area (Å²) in [7, 11) is 1.52. The van der Waals surface area contributed by atoms with Crippen LogP contribution in [0.2, 0.25) is 0 Å². The lowest BCUT2D eigenvalue weighted by molar-refractivity contribution is 0.0869. The van der Waals surface area contributed by atoms with Gasteiger partial charge in [0.05, 0.1) is 37.2 Å². The Bertz CT molecular complexity index is 1250. The highest BCUT2D eigenvalue weighted by molar-refractivity contribution is 5.95. The van der Waals surface area contributed by atoms with Gasteiger partial charge in [0, 0.05) is 34.6 Å². The first-order valence-electron chi connectivity index (χ1n) is 11.5. The van der Waals surface area contributed by atoms with Crippen LogP contribution in [0.1, 0.15) is 48.8 Å². The van der Waals surface area contributed by atoms with E-state index >= 15 is 0 Å². The zero-order valence-electron chi connectivity index (χ0n) is 20.4. The molecule has 1 unspecified atom stereocenters. The molecule has 0 bridgehead atoms. The highest BCUT2D eigenvalue weighted by atomic mass is 16.5. The largest absolute Gasteiger partial charge is 0.495 e. The van der Waals surface area contributed by atoms with E-state index in [9.17, 15) is 15.0 Å². The number of nitrogens with one attached hydrogen (secondary N) is 2. The van der Waals surface area contributed by atoms with Crippen LogP contribution in [0.25, 0.3) is 11.3 Å². The third-order valence-electron chi connectivity index (χ3n) is 6.39. The molecule has 1 atom stereocenters. The molecule has 0 radical (unpaired) electrons. The number of aliphatic hydroxyl groups is 2. The van der Waals surface area contributed by atoms with E-state index < -0.39 is 5.54 Å². The quantitative estimate of drug-likeness (QED) is 0.390. The molecule has 4 rings (SSSR count). The Morgan fingerprint density at radius 3 is 2.71 bits per heavy atom. The van der Waals surface area contributed by atoms with Gasteiger partial charge in [-0.1, -0.05) is 6.92 Å². The molecule has 1 amide bonds. The Morgan fingerprint density at radius 1 is 1.20 bits per heavy atom. The van der Waals surface area contributed by atoms with Gasteiger partial charge in [-0.05, 0) is 62.6 Å². The fourth-order valence-electron chi connectivity index (χ4n) is 4.10. The van der Waals surface area contributed by atoms with Crippen molar-refractivity contribution in [3.63, 3.8) is 0 Å². The second-order valence-corrected chi connectivity index (χ2v) is 9.74. The van der Waals surface area contributed by atoms with Crippen molar-refractivity contribution < 1.29 is 19.7 Å². The summed E-state index contributed by atoms with van der Waals surface area (Å²) in [5, 5.41) is 25.3. The summed E-state index contributed by atoms with van der Waals surface area (Å²) in [6.45, 7) is 5.43. The number of hydrogen-bond acceptors (Lipinski definition) is 8. The van der Waals surface area contributed by atoms with E-state index in [0.717, 1.165) is 29.7 Å². The Morgan fingerprint density at radius 2 is 2.00 bits per heavy atom. The summed E-state index contributed by atoms with van der Waals surface area (Å²) >= 11 is 0. The zero-order valence-corrected chi connectivity index (χ0v) is 20.4. The Balaban J connectivity index is 1.58. The van der Waals surface area contributed by atoms with Crippen molar-refractivity contribution in [2.45, 2.75) is 44.6 Å². The van der Waals surface area contributed by atoms with Crippen LogP contribution in [0.5, 0.6) is 5.75 Å². The molecule has 4 N–H and O–H groups in total. The number of carbonyl (C=O) groups is 1. The van der Waals surface area contributed by atoms with Crippen LogP contribution < -0.4 is 15.4 Å². The lowest BCUT2D eigenvalue weighted by Gasteiger charge is -2.23. The number of aromatic nitrogens is 3. The van der Waals surface area contributed by atoms with Crippen molar-refractivity contribution in [1.82, 2.24) is 20.3 Å². The molecule has 0 spiro atoms. The third-order valence-corrected chi connectivity index (χ3v) is 6.39. The Hall–Kier alpha value is -3.56. The SMILES string of the molecule is COc1cc(C(=O)NC(C)(C)CO)ccc1Nc1nccc(-c2cnc3c(c2)C(C)(CO)CC3)n1. The predicted molar refractivity (Wildman–Crippen MR) is 133 cm³/mol. The number of hydrogen-bond donors (Lipinski definition) is 4. The van der Waals surface area contributed by atoms with E-state index in [2.05, 4.69) is 38.6 Å². The maximum atomic E-state index is 12.6. The van der Waals surface area contributed by atoms with Gasteiger partial charge in [0.2, 0.25) is 5.95 Å². The standard InChI is InChI=1S/C26H31N5O4/c1-25(2,14-32)31-23(34)16-5-6-21(22(12-16)35-4)30-24-27-10-8-19(29-24)17-11-18-20(28-13-17)7-9-26(18,3)15-33/h5-6,8,10-13,32-33H,7,9,14-15H2,1-4H3,(H,31,34)(H,27,29,30). The van der Waals surface area contributed by atoms with Gasteiger partial charge in [0.25, 0.3) is 5.91 Å². The van der Waals surface area contributed by atoms with E-state index in [1.165, 1.54) is 7.11 Å². The molecule has 184 valence electrons. The highest BCUT2D eigenvalue weighted by Crippen LogP contribution is 2.39. The molecule has 3 aromatic rings. The molecule has 0 aliphatic heterocycles. The predicted octanol–water partition coefficient (Wildman–Crippen LogP) is 2.99. The average molecular weight is 478 g/mol. The molecule has 0 saturated carbocycles. The number of aryl methyl sites for hydroxylation is 1. The lowest BCUT2D eigenvalue weighted by atomic mass is 9.85. The summed E-state index contributed by atoms with van der Waals surface area (Å²) < 4.78 is 5.48. The first-order valence-corrected chi connectivity index (χ1v) is 11.5. The second-order valence-electron chi connectivity index (χ2n) is 9.74. The van der Waals surface area contributed by atoms with Crippen molar-refractivity contribution >= 4 is 17.5 Å². The first-order chi connectivity index (χ1) is 16.7. The number of fused-ring (bicyclic) bond motifs is 1. The normalized spacial score (nSPS) is 17.1. The number of methoxy groups -OCH3 is 1. The molecular weight excluding hydrogens is 446 g/mol. The Kier molecular flexibility index (Phi) is 6.73. The zero-order chi connectivity index (χ0) is 25.2. The van der Waals surface area contributed by atoms with Crippen LogP contribution in [-0.4, -0.2) is 56.9 Å². The Labute approximate surface area is 204 Å². The van der Waals surface area contributed by atoms with Crippen molar-refractivity contribution in [3.05, 3.63) is 59.5 Å². The third kappa shape index (κ3) is 5.11. The number of rotatable bonds is 8. The minimum Gasteiger partial charge on any atom is -0.495 e. The molecule has 2 heterocycles. The second kappa shape index (κ2) is 9.59. The van der Waals surface area contributed by atoms with Gasteiger partial charge in [-0.15, -0.1) is 0 Å².